The van der Waals surface area contributed by atoms with Crippen molar-refractivity contribution in [3.63, 3.8) is 0 Å². The Kier molecular flexibility index (Phi) is 10.1. The minimum absolute atomic E-state index is 0.0285. The molecule has 0 amide bonds. The lowest BCUT2D eigenvalue weighted by atomic mass is 9.68. The molecule has 0 bridgehead atoms. The zero-order chi connectivity index (χ0) is 42.1. The first-order chi connectivity index (χ1) is 28.7. The number of nitrogens with zero attached hydrogens (tertiary/aromatic N) is 2. The van der Waals surface area contributed by atoms with Crippen molar-refractivity contribution < 1.29 is 28.9 Å². The molecule has 308 valence electrons. The van der Waals surface area contributed by atoms with Gasteiger partial charge >= 0.3 is 11.9 Å². The number of aryl methyl sites for hydroxylation is 4. The van der Waals surface area contributed by atoms with Crippen molar-refractivity contribution in [2.24, 2.45) is 10.8 Å². The average Bonchev–Trinajstić information content (AvgIpc) is 3.97. The van der Waals surface area contributed by atoms with Gasteiger partial charge in [0.25, 0.3) is 11.4 Å². The van der Waals surface area contributed by atoms with Crippen LogP contribution >= 0.6 is 22.7 Å². The van der Waals surface area contributed by atoms with Crippen LogP contribution in [0.15, 0.2) is 84.9 Å². The van der Waals surface area contributed by atoms with Crippen LogP contribution in [-0.4, -0.2) is 34.0 Å². The molecular weight excluding hydrogens is 797 g/mol. The smallest absolute Gasteiger partial charge is 0.338 e. The molecule has 2 saturated carbocycles. The lowest BCUT2D eigenvalue weighted by molar-refractivity contribution is -0.385. The maximum Gasteiger partial charge on any atom is 0.338 e. The number of esters is 2. The molecule has 0 spiro atoms. The highest BCUT2D eigenvalue weighted by Crippen LogP contribution is 2.61. The number of non-ortho nitro benzene ring substituents is 2. The summed E-state index contributed by atoms with van der Waals surface area (Å²) < 4.78 is 14.7. The molecule has 10 rings (SSSR count). The molecular formula is C48H46N2O8S2. The van der Waals surface area contributed by atoms with E-state index in [0.29, 0.717) is 23.0 Å². The predicted octanol–water partition coefficient (Wildman–Crippen LogP) is 12.3. The molecule has 2 heterocycles. The zero-order valence-electron chi connectivity index (χ0n) is 34.0. The lowest BCUT2D eigenvalue weighted by Crippen LogP contribution is -2.37. The summed E-state index contributed by atoms with van der Waals surface area (Å²) >= 11 is 3.81. The molecule has 2 aromatic heterocycles. The van der Waals surface area contributed by atoms with Gasteiger partial charge in [-0.3, -0.25) is 20.2 Å². The first-order valence-corrected chi connectivity index (χ1v) is 22.3. The fourth-order valence-corrected chi connectivity index (χ4v) is 13.9. The lowest BCUT2D eigenvalue weighted by Gasteiger charge is -2.39. The minimum atomic E-state index is -0.468. The monoisotopic (exact) mass is 842 g/mol. The topological polar surface area (TPSA) is 139 Å². The minimum Gasteiger partial charge on any atom is -0.458 e. The molecule has 0 aliphatic heterocycles. The van der Waals surface area contributed by atoms with E-state index in [1.54, 1.807) is 0 Å². The number of ether oxygens (including phenoxy) is 2. The van der Waals surface area contributed by atoms with Gasteiger partial charge in [-0.25, -0.2) is 9.59 Å². The number of fused-ring (bicyclic) bond motifs is 10. The molecule has 6 aromatic rings. The molecule has 6 unspecified atom stereocenters. The van der Waals surface area contributed by atoms with E-state index in [4.69, 9.17) is 9.47 Å². The number of nitro groups is 2. The maximum absolute atomic E-state index is 12.7. The van der Waals surface area contributed by atoms with Crippen LogP contribution in [0.25, 0.3) is 20.2 Å². The number of hydrogen-bond donors (Lipinski definition) is 0. The molecule has 60 heavy (non-hydrogen) atoms. The Labute approximate surface area is 355 Å². The van der Waals surface area contributed by atoms with Crippen LogP contribution < -0.4 is 0 Å². The Morgan fingerprint density at radius 2 is 0.983 bits per heavy atom. The van der Waals surface area contributed by atoms with E-state index in [2.05, 4.69) is 64.1 Å². The molecule has 10 nitrogen and oxygen atoms in total. The van der Waals surface area contributed by atoms with E-state index in [1.165, 1.54) is 101 Å². The van der Waals surface area contributed by atoms with Crippen LogP contribution in [0.4, 0.5) is 11.4 Å². The quantitative estimate of drug-likeness (QED) is 0.0917. The van der Waals surface area contributed by atoms with Crippen LogP contribution in [0, 0.1) is 44.9 Å². The Morgan fingerprint density at radius 1 is 0.600 bits per heavy atom. The molecule has 0 N–H and O–H groups in total. The van der Waals surface area contributed by atoms with Crippen LogP contribution in [0.3, 0.4) is 0 Å². The highest BCUT2D eigenvalue weighted by Gasteiger charge is 2.54. The third-order valence-corrected chi connectivity index (χ3v) is 16.7. The van der Waals surface area contributed by atoms with Gasteiger partial charge in [0.15, 0.2) is 0 Å². The second-order valence-corrected chi connectivity index (χ2v) is 19.7. The van der Waals surface area contributed by atoms with Crippen molar-refractivity contribution in [3.8, 4) is 0 Å². The number of carbonyl (C=O) groups excluding carboxylic acids is 2. The third-order valence-electron chi connectivity index (χ3n) is 14.0. The van der Waals surface area contributed by atoms with Crippen LogP contribution in [-0.2, 0) is 22.3 Å². The Balaban J connectivity index is 0.000000154. The molecule has 4 aromatic carbocycles. The molecule has 6 atom stereocenters. The largest absolute Gasteiger partial charge is 0.458 e. The standard InChI is InChI=1S/2C24H23NO4S/c2*1-14-3-8-17-18-11-12-24(2)19(22(18)30-20(17)13-14)9-10-21(24)29-23(26)15-4-6-16(7-5-15)25(27)28/h2*3-8,13,19,21H,9-12H2,1-2H3. The Hall–Kier alpha value is -5.46. The fourth-order valence-electron chi connectivity index (χ4n) is 10.6. The second kappa shape index (κ2) is 15.2. The van der Waals surface area contributed by atoms with Crippen molar-refractivity contribution in [3.05, 3.63) is 148 Å². The molecule has 2 fully saturated rings. The van der Waals surface area contributed by atoms with Gasteiger partial charge in [-0.2, -0.15) is 0 Å². The van der Waals surface area contributed by atoms with Crippen molar-refractivity contribution in [2.45, 2.75) is 103 Å². The second-order valence-electron chi connectivity index (χ2n) is 17.6. The summed E-state index contributed by atoms with van der Waals surface area (Å²) in [6.45, 7) is 8.78. The van der Waals surface area contributed by atoms with Crippen LogP contribution in [0.5, 0.6) is 0 Å². The third kappa shape index (κ3) is 6.87. The molecule has 4 aliphatic carbocycles. The van der Waals surface area contributed by atoms with Gasteiger partial charge in [0.1, 0.15) is 12.2 Å². The number of hydrogen-bond acceptors (Lipinski definition) is 10. The number of nitro benzene ring substituents is 2. The first-order valence-electron chi connectivity index (χ1n) is 20.7. The Bertz CT molecular complexity index is 2520. The van der Waals surface area contributed by atoms with Crippen LogP contribution in [0.2, 0.25) is 0 Å². The number of benzene rings is 4. The van der Waals surface area contributed by atoms with Crippen molar-refractivity contribution in [1.82, 2.24) is 0 Å². The van der Waals surface area contributed by atoms with E-state index >= 15 is 0 Å². The van der Waals surface area contributed by atoms with Crippen molar-refractivity contribution >= 4 is 66.2 Å². The summed E-state index contributed by atoms with van der Waals surface area (Å²) in [6.07, 6.45) is 7.51. The maximum atomic E-state index is 12.7. The molecule has 0 radical (unpaired) electrons. The van der Waals surface area contributed by atoms with E-state index in [9.17, 15) is 29.8 Å². The van der Waals surface area contributed by atoms with Gasteiger partial charge in [-0.1, -0.05) is 38.1 Å². The van der Waals surface area contributed by atoms with Crippen molar-refractivity contribution in [2.75, 3.05) is 0 Å². The summed E-state index contributed by atoms with van der Waals surface area (Å²) in [5, 5.41) is 24.4. The SMILES string of the molecule is Cc1ccc2c3c(sc2c1)C1CCC(OC(=O)c2ccc([N+](=O)[O-])cc2)C1(C)CC3.Cc1ccc2c3c(sc2c1)C1CCC(OC(=O)c2ccc([N+](=O)[O-])cc2)C1(C)CC3. The van der Waals surface area contributed by atoms with Gasteiger partial charge in [-0.15, -0.1) is 22.7 Å². The summed E-state index contributed by atoms with van der Waals surface area (Å²) in [5.74, 6) is 0.0336. The number of thiophene rings is 2. The van der Waals surface area contributed by atoms with Gasteiger partial charge in [0, 0.05) is 66.1 Å². The normalized spacial score (nSPS) is 25.0. The van der Waals surface area contributed by atoms with E-state index in [-0.39, 0.29) is 34.4 Å². The van der Waals surface area contributed by atoms with Gasteiger partial charge in [-0.05, 0) is 135 Å². The summed E-state index contributed by atoms with van der Waals surface area (Å²) in [4.78, 5) is 49.1. The highest BCUT2D eigenvalue weighted by molar-refractivity contribution is 7.19. The molecule has 12 heteroatoms. The number of rotatable bonds is 6. The fraction of sp³-hybridized carbons (Fsp3) is 0.375. The summed E-state index contributed by atoms with van der Waals surface area (Å²) in [6, 6.07) is 24.7. The first kappa shape index (κ1) is 40.0. The van der Waals surface area contributed by atoms with Gasteiger partial charge in [0.2, 0.25) is 0 Å². The predicted molar refractivity (Wildman–Crippen MR) is 235 cm³/mol. The number of carbonyl (C=O) groups is 2. The Morgan fingerprint density at radius 3 is 1.35 bits per heavy atom. The molecule has 0 saturated heterocycles. The van der Waals surface area contributed by atoms with Crippen molar-refractivity contribution in [1.29, 1.82) is 0 Å². The van der Waals surface area contributed by atoms with E-state index in [0.717, 1.165) is 51.4 Å². The average molecular weight is 843 g/mol. The van der Waals surface area contributed by atoms with Crippen LogP contribution in [0.1, 0.15) is 117 Å². The molecule has 4 aliphatic rings. The zero-order valence-corrected chi connectivity index (χ0v) is 35.7. The van der Waals surface area contributed by atoms with E-state index < -0.39 is 21.8 Å². The highest BCUT2D eigenvalue weighted by atomic mass is 32.1. The summed E-state index contributed by atoms with van der Waals surface area (Å²) in [7, 11) is 0. The van der Waals surface area contributed by atoms with E-state index in [1.807, 2.05) is 22.7 Å². The summed E-state index contributed by atoms with van der Waals surface area (Å²) in [5.41, 5.74) is 6.06. The van der Waals surface area contributed by atoms with Gasteiger partial charge in [0.05, 0.1) is 21.0 Å². The van der Waals surface area contributed by atoms with Gasteiger partial charge < -0.3 is 9.47 Å².